The van der Waals surface area contributed by atoms with Crippen LogP contribution in [0.1, 0.15) is 5.56 Å². The molecule has 0 radical (unpaired) electrons. The molecule has 0 aliphatic carbocycles. The van der Waals surface area contributed by atoms with Crippen LogP contribution in [0.15, 0.2) is 29.6 Å². The quantitative estimate of drug-likeness (QED) is 0.888. The van der Waals surface area contributed by atoms with Gasteiger partial charge in [0.05, 0.1) is 11.5 Å². The Balaban J connectivity index is 1.95. The first kappa shape index (κ1) is 14.9. The van der Waals surface area contributed by atoms with Crippen LogP contribution < -0.4 is 5.73 Å². The molecule has 1 heterocycles. The number of hydrogen-bond acceptors (Lipinski definition) is 4. The van der Waals surface area contributed by atoms with E-state index in [4.69, 9.17) is 5.73 Å². The van der Waals surface area contributed by atoms with Gasteiger partial charge in [-0.3, -0.25) is 9.59 Å². The topological polar surface area (TPSA) is 63.4 Å². The molecule has 106 valence electrons. The van der Waals surface area contributed by atoms with Gasteiger partial charge < -0.3 is 10.6 Å². The van der Waals surface area contributed by atoms with E-state index in [1.165, 1.54) is 21.8 Å². The molecular weight excluding hydrogens is 292 g/mol. The van der Waals surface area contributed by atoms with E-state index in [2.05, 4.69) is 17.5 Å². The van der Waals surface area contributed by atoms with Crippen LogP contribution in [0.5, 0.6) is 0 Å². The maximum atomic E-state index is 11.9. The number of nitrogens with zero attached hydrogens (tertiary/aromatic N) is 1. The van der Waals surface area contributed by atoms with Crippen molar-refractivity contribution in [1.29, 1.82) is 0 Å². The fourth-order valence-electron chi connectivity index (χ4n) is 1.85. The highest BCUT2D eigenvalue weighted by Crippen LogP contribution is 2.26. The fourth-order valence-corrected chi connectivity index (χ4v) is 3.50. The number of hydrogen-bond donors (Lipinski definition) is 1. The molecule has 0 aliphatic rings. The number of carbonyl (C=O) groups excluding carboxylic acids is 2. The first-order valence-corrected chi connectivity index (χ1v) is 8.16. The van der Waals surface area contributed by atoms with E-state index in [1.807, 2.05) is 12.1 Å². The molecule has 0 fully saturated rings. The van der Waals surface area contributed by atoms with Crippen LogP contribution in [0.3, 0.4) is 0 Å². The predicted octanol–water partition coefficient (Wildman–Crippen LogP) is 2.08. The summed E-state index contributed by atoms with van der Waals surface area (Å²) in [5.74, 6) is 0.0726. The summed E-state index contributed by atoms with van der Waals surface area (Å²) in [6.45, 7) is 0.583. The number of fused-ring (bicyclic) bond motifs is 1. The van der Waals surface area contributed by atoms with Crippen molar-refractivity contribution in [3.8, 4) is 0 Å². The van der Waals surface area contributed by atoms with E-state index in [1.54, 1.807) is 23.3 Å². The largest absolute Gasteiger partial charge is 0.369 e. The molecule has 2 rings (SSSR count). The first-order valence-electron chi connectivity index (χ1n) is 6.13. The minimum atomic E-state index is -0.394. The lowest BCUT2D eigenvalue weighted by Crippen LogP contribution is -2.28. The molecule has 0 bridgehead atoms. The summed E-state index contributed by atoms with van der Waals surface area (Å²) in [6, 6.07) is 8.16. The number of benzene rings is 1. The van der Waals surface area contributed by atoms with Crippen molar-refractivity contribution in [2.75, 3.05) is 18.6 Å². The van der Waals surface area contributed by atoms with Gasteiger partial charge in [-0.2, -0.15) is 0 Å². The van der Waals surface area contributed by atoms with E-state index in [-0.39, 0.29) is 17.4 Å². The molecule has 2 aromatic rings. The van der Waals surface area contributed by atoms with Gasteiger partial charge in [-0.1, -0.05) is 18.2 Å². The molecule has 0 atom stereocenters. The highest BCUT2D eigenvalue weighted by Gasteiger charge is 2.12. The van der Waals surface area contributed by atoms with E-state index in [0.29, 0.717) is 6.54 Å². The second-order valence-electron chi connectivity index (χ2n) is 4.47. The highest BCUT2D eigenvalue weighted by atomic mass is 32.2. The second kappa shape index (κ2) is 6.76. The Kier molecular flexibility index (Phi) is 5.03. The standard InChI is InChI=1S/C14H16N2O2S2/c1-16(14(18)9-19-8-13(15)17)6-10-7-20-12-5-3-2-4-11(10)12/h2-5,7H,6,8-9H2,1H3,(H2,15,17). The highest BCUT2D eigenvalue weighted by molar-refractivity contribution is 8.00. The van der Waals surface area contributed by atoms with E-state index in [9.17, 15) is 9.59 Å². The number of nitrogens with two attached hydrogens (primary N) is 1. The number of amides is 2. The van der Waals surface area contributed by atoms with Crippen molar-refractivity contribution in [2.24, 2.45) is 5.73 Å². The van der Waals surface area contributed by atoms with Crippen LogP contribution in [0.25, 0.3) is 10.1 Å². The summed E-state index contributed by atoms with van der Waals surface area (Å²) in [5, 5.41) is 3.28. The molecule has 0 spiro atoms. The van der Waals surface area contributed by atoms with E-state index >= 15 is 0 Å². The molecule has 0 saturated heterocycles. The maximum Gasteiger partial charge on any atom is 0.232 e. The number of carbonyl (C=O) groups is 2. The lowest BCUT2D eigenvalue weighted by atomic mass is 10.2. The average molecular weight is 308 g/mol. The van der Waals surface area contributed by atoms with Crippen LogP contribution in [-0.4, -0.2) is 35.3 Å². The van der Waals surface area contributed by atoms with Gasteiger partial charge in [-0.15, -0.1) is 23.1 Å². The van der Waals surface area contributed by atoms with Crippen molar-refractivity contribution in [1.82, 2.24) is 4.90 Å². The van der Waals surface area contributed by atoms with Gasteiger partial charge in [0, 0.05) is 18.3 Å². The summed E-state index contributed by atoms with van der Waals surface area (Å²) >= 11 is 2.94. The maximum absolute atomic E-state index is 11.9. The van der Waals surface area contributed by atoms with Crippen LogP contribution in [0.2, 0.25) is 0 Å². The average Bonchev–Trinajstić information content (AvgIpc) is 2.81. The number of thioether (sulfide) groups is 1. The molecule has 20 heavy (non-hydrogen) atoms. The Labute approximate surface area is 125 Å². The molecule has 0 saturated carbocycles. The first-order chi connectivity index (χ1) is 9.58. The summed E-state index contributed by atoms with van der Waals surface area (Å²) in [4.78, 5) is 24.3. The van der Waals surface area contributed by atoms with Gasteiger partial charge in [-0.25, -0.2) is 0 Å². The second-order valence-corrected chi connectivity index (χ2v) is 6.36. The van der Waals surface area contributed by atoms with Crippen molar-refractivity contribution in [2.45, 2.75) is 6.54 Å². The van der Waals surface area contributed by atoms with Gasteiger partial charge in [-0.05, 0) is 22.4 Å². The van der Waals surface area contributed by atoms with Gasteiger partial charge in [0.15, 0.2) is 0 Å². The lowest BCUT2D eigenvalue weighted by Gasteiger charge is -2.16. The molecule has 6 heteroatoms. The van der Waals surface area contributed by atoms with E-state index in [0.717, 1.165) is 5.56 Å². The Morgan fingerprint density at radius 1 is 1.30 bits per heavy atom. The minimum Gasteiger partial charge on any atom is -0.369 e. The van der Waals surface area contributed by atoms with Crippen LogP contribution in [-0.2, 0) is 16.1 Å². The van der Waals surface area contributed by atoms with Crippen molar-refractivity contribution >= 4 is 45.0 Å². The summed E-state index contributed by atoms with van der Waals surface area (Å²) in [5.41, 5.74) is 6.20. The zero-order valence-corrected chi connectivity index (χ0v) is 12.8. The van der Waals surface area contributed by atoms with Gasteiger partial charge in [0.2, 0.25) is 11.8 Å². The molecule has 2 N–H and O–H groups in total. The van der Waals surface area contributed by atoms with Crippen molar-refractivity contribution < 1.29 is 9.59 Å². The molecular formula is C14H16N2O2S2. The Morgan fingerprint density at radius 2 is 2.05 bits per heavy atom. The summed E-state index contributed by atoms with van der Waals surface area (Å²) < 4.78 is 1.23. The van der Waals surface area contributed by atoms with E-state index < -0.39 is 5.91 Å². The normalized spacial score (nSPS) is 10.7. The molecule has 0 aliphatic heterocycles. The monoisotopic (exact) mass is 308 g/mol. The minimum absolute atomic E-state index is 0.00605. The SMILES string of the molecule is CN(Cc1csc2ccccc12)C(=O)CSCC(N)=O. The number of primary amides is 1. The summed E-state index contributed by atoms with van der Waals surface area (Å²) in [6.07, 6.45) is 0. The molecule has 4 nitrogen and oxygen atoms in total. The van der Waals surface area contributed by atoms with Gasteiger partial charge in [0.25, 0.3) is 0 Å². The van der Waals surface area contributed by atoms with Crippen LogP contribution in [0.4, 0.5) is 0 Å². The molecule has 0 unspecified atom stereocenters. The van der Waals surface area contributed by atoms with Crippen molar-refractivity contribution in [3.63, 3.8) is 0 Å². The van der Waals surface area contributed by atoms with Gasteiger partial charge in [0.1, 0.15) is 0 Å². The molecule has 1 aromatic heterocycles. The third-order valence-electron chi connectivity index (χ3n) is 2.86. The van der Waals surface area contributed by atoms with Crippen molar-refractivity contribution in [3.05, 3.63) is 35.2 Å². The number of rotatable bonds is 6. The number of thiophene rings is 1. The predicted molar refractivity (Wildman–Crippen MR) is 84.8 cm³/mol. The fraction of sp³-hybridized carbons (Fsp3) is 0.286. The van der Waals surface area contributed by atoms with Crippen LogP contribution >= 0.6 is 23.1 Å². The Bertz CT molecular complexity index is 624. The summed E-state index contributed by atoms with van der Waals surface area (Å²) in [7, 11) is 1.78. The Hall–Kier alpha value is -1.53. The molecule has 2 amide bonds. The Morgan fingerprint density at radius 3 is 2.80 bits per heavy atom. The van der Waals surface area contributed by atoms with Crippen LogP contribution in [0, 0.1) is 0 Å². The third-order valence-corrected chi connectivity index (χ3v) is 4.82. The van der Waals surface area contributed by atoms with Gasteiger partial charge >= 0.3 is 0 Å². The zero-order valence-electron chi connectivity index (χ0n) is 11.2. The molecule has 1 aromatic carbocycles. The lowest BCUT2D eigenvalue weighted by molar-refractivity contribution is -0.127. The smallest absolute Gasteiger partial charge is 0.232 e. The zero-order chi connectivity index (χ0) is 14.5. The third kappa shape index (κ3) is 3.74.